The molecular formula is C16H24N4. The summed E-state index contributed by atoms with van der Waals surface area (Å²) >= 11 is 0. The van der Waals surface area contributed by atoms with Gasteiger partial charge in [-0.3, -0.25) is 0 Å². The van der Waals surface area contributed by atoms with E-state index in [4.69, 9.17) is 0 Å². The highest BCUT2D eigenvalue weighted by molar-refractivity contribution is 5.74. The monoisotopic (exact) mass is 272 g/mol. The number of nitrogens with one attached hydrogen (secondary N) is 2. The fourth-order valence-corrected chi connectivity index (χ4v) is 3.04. The molecule has 2 heterocycles. The van der Waals surface area contributed by atoms with Gasteiger partial charge >= 0.3 is 0 Å². The molecule has 0 radical (unpaired) electrons. The Kier molecular flexibility index (Phi) is 4.03. The summed E-state index contributed by atoms with van der Waals surface area (Å²) in [6, 6.07) is 8.75. The van der Waals surface area contributed by atoms with Crippen LogP contribution in [-0.4, -0.2) is 41.0 Å². The molecule has 1 atom stereocenters. The molecule has 1 aromatic heterocycles. The normalized spacial score (nSPS) is 19.5. The predicted molar refractivity (Wildman–Crippen MR) is 82.6 cm³/mol. The lowest BCUT2D eigenvalue weighted by Crippen LogP contribution is -2.40. The van der Waals surface area contributed by atoms with E-state index in [2.05, 4.69) is 46.3 Å². The van der Waals surface area contributed by atoms with Gasteiger partial charge < -0.3 is 15.2 Å². The third-order valence-electron chi connectivity index (χ3n) is 4.50. The quantitative estimate of drug-likeness (QED) is 0.898. The third-order valence-corrected chi connectivity index (χ3v) is 4.50. The van der Waals surface area contributed by atoms with Gasteiger partial charge in [0.2, 0.25) is 0 Å². The molecule has 1 aromatic carbocycles. The molecule has 1 aliphatic rings. The number of hydrogen-bond acceptors (Lipinski definition) is 3. The van der Waals surface area contributed by atoms with Crippen molar-refractivity contribution in [1.29, 1.82) is 0 Å². The zero-order valence-corrected chi connectivity index (χ0v) is 12.4. The van der Waals surface area contributed by atoms with Crippen molar-refractivity contribution >= 4 is 11.0 Å². The van der Waals surface area contributed by atoms with Gasteiger partial charge in [-0.1, -0.05) is 12.1 Å². The first-order valence-corrected chi connectivity index (χ1v) is 7.58. The van der Waals surface area contributed by atoms with Crippen LogP contribution in [0.2, 0.25) is 0 Å². The maximum atomic E-state index is 4.62. The van der Waals surface area contributed by atoms with Crippen molar-refractivity contribution in [3.63, 3.8) is 0 Å². The smallest absolute Gasteiger partial charge is 0.121 e. The van der Waals surface area contributed by atoms with Crippen LogP contribution in [-0.2, 0) is 6.54 Å². The molecule has 0 aliphatic carbocycles. The molecule has 3 rings (SSSR count). The van der Waals surface area contributed by atoms with Gasteiger partial charge in [0.15, 0.2) is 0 Å². The number of imidazole rings is 1. The molecule has 0 spiro atoms. The Morgan fingerprint density at radius 2 is 2.10 bits per heavy atom. The van der Waals surface area contributed by atoms with Crippen LogP contribution < -0.4 is 5.32 Å². The van der Waals surface area contributed by atoms with E-state index < -0.39 is 0 Å². The van der Waals surface area contributed by atoms with Crippen molar-refractivity contribution in [2.45, 2.75) is 32.4 Å². The van der Waals surface area contributed by atoms with Crippen LogP contribution in [0, 0.1) is 5.92 Å². The van der Waals surface area contributed by atoms with Crippen molar-refractivity contribution in [3.8, 4) is 0 Å². The van der Waals surface area contributed by atoms with Gasteiger partial charge in [0.25, 0.3) is 0 Å². The van der Waals surface area contributed by atoms with Crippen molar-refractivity contribution < 1.29 is 0 Å². The molecule has 1 saturated heterocycles. The standard InChI is InChI=1S/C16H24N4/c1-12(13-7-9-20(2)10-8-13)17-11-16-18-14-5-3-4-6-15(14)19-16/h3-6,12-13,17H,7-11H2,1-2H3,(H,18,19). The van der Waals surface area contributed by atoms with Gasteiger partial charge in [-0.25, -0.2) is 4.98 Å². The maximum Gasteiger partial charge on any atom is 0.121 e. The fourth-order valence-electron chi connectivity index (χ4n) is 3.04. The minimum atomic E-state index is 0.553. The Morgan fingerprint density at radius 3 is 2.85 bits per heavy atom. The number of nitrogens with zero attached hydrogens (tertiary/aromatic N) is 2. The van der Waals surface area contributed by atoms with Crippen LogP contribution in [0.4, 0.5) is 0 Å². The van der Waals surface area contributed by atoms with Gasteiger partial charge in [0.1, 0.15) is 5.82 Å². The van der Waals surface area contributed by atoms with E-state index >= 15 is 0 Å². The molecule has 1 unspecified atom stereocenters. The van der Waals surface area contributed by atoms with E-state index in [0.29, 0.717) is 6.04 Å². The maximum absolute atomic E-state index is 4.62. The van der Waals surface area contributed by atoms with Crippen LogP contribution in [0.15, 0.2) is 24.3 Å². The average Bonchev–Trinajstić information content (AvgIpc) is 2.88. The molecule has 108 valence electrons. The van der Waals surface area contributed by atoms with E-state index in [-0.39, 0.29) is 0 Å². The van der Waals surface area contributed by atoms with E-state index in [0.717, 1.165) is 29.3 Å². The molecule has 0 saturated carbocycles. The summed E-state index contributed by atoms with van der Waals surface area (Å²) in [7, 11) is 2.21. The number of H-pyrrole nitrogens is 1. The fraction of sp³-hybridized carbons (Fsp3) is 0.562. The first-order valence-electron chi connectivity index (χ1n) is 7.58. The van der Waals surface area contributed by atoms with Crippen LogP contribution in [0.25, 0.3) is 11.0 Å². The van der Waals surface area contributed by atoms with Gasteiger partial charge in [-0.2, -0.15) is 0 Å². The summed E-state index contributed by atoms with van der Waals surface area (Å²) in [4.78, 5) is 10.4. The Hall–Kier alpha value is -1.39. The molecule has 1 fully saturated rings. The first-order chi connectivity index (χ1) is 9.72. The lowest BCUT2D eigenvalue weighted by atomic mass is 9.90. The van der Waals surface area contributed by atoms with Crippen molar-refractivity contribution in [3.05, 3.63) is 30.1 Å². The Balaban J connectivity index is 1.56. The Bertz CT molecular complexity index is 521. The van der Waals surface area contributed by atoms with E-state index in [1.54, 1.807) is 0 Å². The highest BCUT2D eigenvalue weighted by Gasteiger charge is 2.21. The molecule has 4 nitrogen and oxygen atoms in total. The minimum absolute atomic E-state index is 0.553. The van der Waals surface area contributed by atoms with E-state index in [1.807, 2.05) is 12.1 Å². The number of rotatable bonds is 4. The van der Waals surface area contributed by atoms with Gasteiger partial charge in [-0.15, -0.1) is 0 Å². The first kappa shape index (κ1) is 13.6. The third kappa shape index (κ3) is 3.02. The summed E-state index contributed by atoms with van der Waals surface area (Å²) < 4.78 is 0. The Labute approximate surface area is 120 Å². The van der Waals surface area contributed by atoms with Crippen LogP contribution in [0.3, 0.4) is 0 Å². The minimum Gasteiger partial charge on any atom is -0.341 e. The second-order valence-corrected chi connectivity index (χ2v) is 6.01. The molecule has 0 bridgehead atoms. The topological polar surface area (TPSA) is 44.0 Å². The van der Waals surface area contributed by atoms with Gasteiger partial charge in [0, 0.05) is 6.04 Å². The molecule has 0 amide bonds. The van der Waals surface area contributed by atoms with Gasteiger partial charge in [-0.05, 0) is 58.0 Å². The van der Waals surface area contributed by atoms with Crippen LogP contribution in [0.1, 0.15) is 25.6 Å². The number of hydrogen-bond donors (Lipinski definition) is 2. The number of benzene rings is 1. The molecule has 2 N–H and O–H groups in total. The summed E-state index contributed by atoms with van der Waals surface area (Å²) in [5.74, 6) is 1.82. The summed E-state index contributed by atoms with van der Waals surface area (Å²) in [6.07, 6.45) is 2.59. The second kappa shape index (κ2) is 5.94. The predicted octanol–water partition coefficient (Wildman–Crippen LogP) is 2.38. The Morgan fingerprint density at radius 1 is 1.35 bits per heavy atom. The van der Waals surface area contributed by atoms with E-state index in [9.17, 15) is 0 Å². The largest absolute Gasteiger partial charge is 0.341 e. The zero-order valence-electron chi connectivity index (χ0n) is 12.4. The zero-order chi connectivity index (χ0) is 13.9. The number of likely N-dealkylation sites (tertiary alicyclic amines) is 1. The van der Waals surface area contributed by atoms with Crippen LogP contribution >= 0.6 is 0 Å². The van der Waals surface area contributed by atoms with E-state index in [1.165, 1.54) is 25.9 Å². The van der Waals surface area contributed by atoms with Crippen LogP contribution in [0.5, 0.6) is 0 Å². The summed E-state index contributed by atoms with van der Waals surface area (Å²) in [5, 5.41) is 3.63. The van der Waals surface area contributed by atoms with Crippen molar-refractivity contribution in [2.75, 3.05) is 20.1 Å². The van der Waals surface area contributed by atoms with Gasteiger partial charge in [0.05, 0.1) is 17.6 Å². The SMILES string of the molecule is CC(NCc1nc2ccccc2[nH]1)C1CCN(C)CC1. The number of aromatic nitrogens is 2. The highest BCUT2D eigenvalue weighted by atomic mass is 15.1. The van der Waals surface area contributed by atoms with Crippen molar-refractivity contribution in [2.24, 2.45) is 5.92 Å². The summed E-state index contributed by atoms with van der Waals surface area (Å²) in [6.45, 7) is 5.57. The molecular weight excluding hydrogens is 248 g/mol. The lowest BCUT2D eigenvalue weighted by Gasteiger charge is -2.33. The second-order valence-electron chi connectivity index (χ2n) is 6.01. The molecule has 4 heteroatoms. The molecule has 20 heavy (non-hydrogen) atoms. The summed E-state index contributed by atoms with van der Waals surface area (Å²) in [5.41, 5.74) is 2.17. The number of aromatic amines is 1. The number of fused-ring (bicyclic) bond motifs is 1. The molecule has 1 aliphatic heterocycles. The average molecular weight is 272 g/mol. The molecule has 2 aromatic rings. The number of para-hydroxylation sites is 2. The lowest BCUT2D eigenvalue weighted by molar-refractivity contribution is 0.189. The highest BCUT2D eigenvalue weighted by Crippen LogP contribution is 2.20. The van der Waals surface area contributed by atoms with Crippen molar-refractivity contribution in [1.82, 2.24) is 20.2 Å². The number of piperidine rings is 1.